The van der Waals surface area contributed by atoms with Crippen LogP contribution in [-0.4, -0.2) is 31.9 Å². The fourth-order valence-corrected chi connectivity index (χ4v) is 1.54. The van der Waals surface area contributed by atoms with E-state index >= 15 is 0 Å². The van der Waals surface area contributed by atoms with Gasteiger partial charge in [0.25, 0.3) is 0 Å². The zero-order valence-electron chi connectivity index (χ0n) is 8.88. The number of rotatable bonds is 1. The van der Waals surface area contributed by atoms with Crippen LogP contribution < -0.4 is 11.1 Å². The minimum atomic E-state index is 0.208. The molecule has 0 atom stereocenters. The predicted octanol–water partition coefficient (Wildman–Crippen LogP) is 0.928. The number of halogens is 1. The van der Waals surface area contributed by atoms with Crippen LogP contribution in [0.15, 0.2) is 18.5 Å². The molecule has 8 heteroatoms. The SMILES string of the molecule is CNC(=S)n1nc(-c2cncc(Cl)c2)nc1N. The van der Waals surface area contributed by atoms with Gasteiger partial charge in [-0.15, -0.1) is 5.10 Å². The lowest BCUT2D eigenvalue weighted by atomic mass is 10.3. The first-order valence-corrected chi connectivity index (χ1v) is 5.46. The second-order valence-electron chi connectivity index (χ2n) is 3.15. The molecule has 0 amide bonds. The molecule has 6 nitrogen and oxygen atoms in total. The molecule has 0 aliphatic rings. The molecule has 88 valence electrons. The Bertz CT molecular complexity index is 566. The van der Waals surface area contributed by atoms with E-state index in [9.17, 15) is 0 Å². The average Bonchev–Trinajstić information content (AvgIpc) is 2.70. The standard InChI is InChI=1S/C9H9ClN6S/c1-12-9(17)16-8(11)14-7(15-16)5-2-6(10)4-13-3-5/h2-4H,1H3,(H,12,17)(H2,11,14,15). The van der Waals surface area contributed by atoms with Crippen LogP contribution in [0.4, 0.5) is 5.95 Å². The van der Waals surface area contributed by atoms with E-state index in [0.717, 1.165) is 0 Å². The van der Waals surface area contributed by atoms with Gasteiger partial charge in [-0.25, -0.2) is 0 Å². The normalized spacial score (nSPS) is 10.2. The van der Waals surface area contributed by atoms with Gasteiger partial charge >= 0.3 is 0 Å². The van der Waals surface area contributed by atoms with Gasteiger partial charge in [0, 0.05) is 25.0 Å². The lowest BCUT2D eigenvalue weighted by Crippen LogP contribution is -2.26. The molecule has 2 aromatic heterocycles. The van der Waals surface area contributed by atoms with Crippen molar-refractivity contribution >= 4 is 34.9 Å². The largest absolute Gasteiger partial charge is 0.368 e. The number of aromatic nitrogens is 4. The number of nitrogens with two attached hydrogens (primary N) is 1. The zero-order chi connectivity index (χ0) is 12.4. The van der Waals surface area contributed by atoms with Crippen LogP contribution in [0.2, 0.25) is 5.02 Å². The van der Waals surface area contributed by atoms with Crippen molar-refractivity contribution in [2.24, 2.45) is 0 Å². The van der Waals surface area contributed by atoms with Crippen molar-refractivity contribution in [3.63, 3.8) is 0 Å². The second-order valence-corrected chi connectivity index (χ2v) is 3.98. The molecule has 2 heterocycles. The highest BCUT2D eigenvalue weighted by Crippen LogP contribution is 2.18. The van der Waals surface area contributed by atoms with E-state index in [1.807, 2.05) is 0 Å². The van der Waals surface area contributed by atoms with Gasteiger partial charge in [-0.05, 0) is 18.3 Å². The molecule has 0 aliphatic heterocycles. The second kappa shape index (κ2) is 4.64. The monoisotopic (exact) mass is 268 g/mol. The summed E-state index contributed by atoms with van der Waals surface area (Å²) in [6.45, 7) is 0. The van der Waals surface area contributed by atoms with Gasteiger partial charge in [-0.3, -0.25) is 4.98 Å². The summed E-state index contributed by atoms with van der Waals surface area (Å²) in [5.74, 6) is 0.634. The Hall–Kier alpha value is -1.73. The molecule has 0 unspecified atom stereocenters. The van der Waals surface area contributed by atoms with Crippen LogP contribution in [0.3, 0.4) is 0 Å². The minimum Gasteiger partial charge on any atom is -0.368 e. The highest BCUT2D eigenvalue weighted by Gasteiger charge is 2.11. The van der Waals surface area contributed by atoms with Crippen LogP contribution in [0.1, 0.15) is 0 Å². The maximum Gasteiger partial charge on any atom is 0.226 e. The Morgan fingerprint density at radius 2 is 2.29 bits per heavy atom. The highest BCUT2D eigenvalue weighted by atomic mass is 35.5. The van der Waals surface area contributed by atoms with Crippen LogP contribution in [0, 0.1) is 0 Å². The van der Waals surface area contributed by atoms with Crippen LogP contribution in [0.5, 0.6) is 0 Å². The Kier molecular flexibility index (Phi) is 3.21. The van der Waals surface area contributed by atoms with Crippen LogP contribution >= 0.6 is 23.8 Å². The first-order chi connectivity index (χ1) is 8.11. The number of pyridine rings is 1. The maximum absolute atomic E-state index is 5.84. The van der Waals surface area contributed by atoms with Crippen LogP contribution in [0.25, 0.3) is 11.4 Å². The molecule has 2 rings (SSSR count). The lowest BCUT2D eigenvalue weighted by Gasteiger charge is -2.01. The van der Waals surface area contributed by atoms with Gasteiger partial charge < -0.3 is 11.1 Å². The summed E-state index contributed by atoms with van der Waals surface area (Å²) in [6.07, 6.45) is 3.14. The van der Waals surface area contributed by atoms with E-state index < -0.39 is 0 Å². The molecule has 17 heavy (non-hydrogen) atoms. The molecule has 2 aromatic rings. The molecule has 0 fully saturated rings. The van der Waals surface area contributed by atoms with E-state index in [0.29, 0.717) is 21.5 Å². The number of nitrogens with one attached hydrogen (secondary N) is 1. The first-order valence-electron chi connectivity index (χ1n) is 4.67. The highest BCUT2D eigenvalue weighted by molar-refractivity contribution is 7.80. The molecule has 0 radical (unpaired) electrons. The molecule has 0 aliphatic carbocycles. The summed E-state index contributed by atoms with van der Waals surface area (Å²) in [6, 6.07) is 1.70. The van der Waals surface area contributed by atoms with Gasteiger partial charge in [0.15, 0.2) is 10.9 Å². The molecule has 0 bridgehead atoms. The van der Waals surface area contributed by atoms with Crippen molar-refractivity contribution in [3.8, 4) is 11.4 Å². The van der Waals surface area contributed by atoms with Crippen molar-refractivity contribution in [2.75, 3.05) is 12.8 Å². The van der Waals surface area contributed by atoms with E-state index in [-0.39, 0.29) is 5.95 Å². The Morgan fingerprint density at radius 1 is 1.53 bits per heavy atom. The molecule has 0 saturated carbocycles. The fraction of sp³-hybridized carbons (Fsp3) is 0.111. The van der Waals surface area contributed by atoms with Crippen molar-refractivity contribution in [1.82, 2.24) is 25.1 Å². The number of hydrogen-bond donors (Lipinski definition) is 2. The van der Waals surface area contributed by atoms with Gasteiger partial charge in [-0.2, -0.15) is 9.67 Å². The Morgan fingerprint density at radius 3 is 2.94 bits per heavy atom. The van der Waals surface area contributed by atoms with Gasteiger partial charge in [0.2, 0.25) is 5.95 Å². The molecule has 0 spiro atoms. The van der Waals surface area contributed by atoms with Crippen molar-refractivity contribution in [3.05, 3.63) is 23.5 Å². The van der Waals surface area contributed by atoms with Crippen LogP contribution in [-0.2, 0) is 0 Å². The first kappa shape index (κ1) is 11.7. The topological polar surface area (TPSA) is 81.7 Å². The number of nitrogen functional groups attached to an aromatic ring is 1. The molecular formula is C9H9ClN6S. The molecule has 3 N–H and O–H groups in total. The summed E-state index contributed by atoms with van der Waals surface area (Å²) in [4.78, 5) is 8.05. The predicted molar refractivity (Wildman–Crippen MR) is 69.7 cm³/mol. The summed E-state index contributed by atoms with van der Waals surface area (Å²) in [7, 11) is 1.68. The maximum atomic E-state index is 5.84. The zero-order valence-corrected chi connectivity index (χ0v) is 10.5. The Balaban J connectivity index is 2.44. The van der Waals surface area contributed by atoms with Crippen molar-refractivity contribution in [2.45, 2.75) is 0 Å². The summed E-state index contributed by atoms with van der Waals surface area (Å²) in [5.41, 5.74) is 6.38. The van der Waals surface area contributed by atoms with E-state index in [4.69, 9.17) is 29.6 Å². The van der Waals surface area contributed by atoms with E-state index in [1.54, 1.807) is 19.3 Å². The summed E-state index contributed by atoms with van der Waals surface area (Å²) >= 11 is 10.9. The quantitative estimate of drug-likeness (QED) is 0.749. The third-order valence-corrected chi connectivity index (χ3v) is 2.59. The average molecular weight is 269 g/mol. The molecular weight excluding hydrogens is 260 g/mol. The Labute approximate surface area is 108 Å². The van der Waals surface area contributed by atoms with Gasteiger partial charge in [-0.1, -0.05) is 11.6 Å². The minimum absolute atomic E-state index is 0.208. The fourth-order valence-electron chi connectivity index (χ4n) is 1.24. The van der Waals surface area contributed by atoms with Gasteiger partial charge in [0.05, 0.1) is 5.02 Å². The third kappa shape index (κ3) is 2.34. The number of nitrogens with zero attached hydrogens (tertiary/aromatic N) is 4. The van der Waals surface area contributed by atoms with E-state index in [1.165, 1.54) is 10.9 Å². The summed E-state index contributed by atoms with van der Waals surface area (Å²) < 4.78 is 1.34. The lowest BCUT2D eigenvalue weighted by molar-refractivity contribution is 0.915. The molecule has 0 aromatic carbocycles. The number of hydrogen-bond acceptors (Lipinski definition) is 5. The molecule has 0 saturated heterocycles. The van der Waals surface area contributed by atoms with Gasteiger partial charge in [0.1, 0.15) is 0 Å². The smallest absolute Gasteiger partial charge is 0.226 e. The number of anilines is 1. The van der Waals surface area contributed by atoms with Crippen molar-refractivity contribution < 1.29 is 0 Å². The van der Waals surface area contributed by atoms with Crippen molar-refractivity contribution in [1.29, 1.82) is 0 Å². The summed E-state index contributed by atoms with van der Waals surface area (Å²) in [5, 5.41) is 7.82. The number of thiocarbonyl (C=S) groups is 1. The third-order valence-electron chi connectivity index (χ3n) is 2.00. The van der Waals surface area contributed by atoms with E-state index in [2.05, 4.69) is 20.4 Å².